The number of esters is 1. The molecule has 1 amide bonds. The van der Waals surface area contributed by atoms with Gasteiger partial charge in [0.1, 0.15) is 6.10 Å². The summed E-state index contributed by atoms with van der Waals surface area (Å²) < 4.78 is 4.32. The fourth-order valence-electron chi connectivity index (χ4n) is 1.24. The number of aliphatic carboxylic acids is 1. The van der Waals surface area contributed by atoms with Crippen LogP contribution in [-0.4, -0.2) is 91.9 Å². The van der Waals surface area contributed by atoms with Crippen LogP contribution in [0.25, 0.3) is 0 Å². The molecule has 0 bridgehead atoms. The van der Waals surface area contributed by atoms with E-state index in [-0.39, 0.29) is 28.8 Å². The molecular weight excluding hydrogens is 346 g/mol. The number of nitrogens with one attached hydrogen (secondary N) is 1. The maximum atomic E-state index is 10.5. The number of ether oxygens (including phenoxy) is 1. The number of amides is 1. The summed E-state index contributed by atoms with van der Waals surface area (Å²) in [5.74, 6) is -4.61. The Hall–Kier alpha value is -1.21. The number of aliphatic hydroxyl groups excluding tert-OH is 4. The molecule has 10 nitrogen and oxygen atoms in total. The maximum absolute atomic E-state index is 10.5. The minimum absolute atomic E-state index is 0. The van der Waals surface area contributed by atoms with Gasteiger partial charge in [-0.1, -0.05) is 0 Å². The van der Waals surface area contributed by atoms with Crippen molar-refractivity contribution in [1.82, 2.24) is 5.32 Å². The Kier molecular flexibility index (Phi) is 11.9. The summed E-state index contributed by atoms with van der Waals surface area (Å²) >= 11 is 4.43. The number of carboxylic acids is 1. The van der Waals surface area contributed by atoms with Crippen LogP contribution in [0.1, 0.15) is 6.92 Å². The smallest absolute Gasteiger partial charge is 0.790 e. The molecule has 1 aliphatic heterocycles. The number of aliphatic hydroxyl groups is 4. The predicted octanol–water partition coefficient (Wildman–Crippen LogP) is -4.00. The molecule has 23 heavy (non-hydrogen) atoms. The normalized spacial score (nSPS) is 18.8. The molecule has 3 unspecified atom stereocenters. The first-order valence-electron chi connectivity index (χ1n) is 5.83. The van der Waals surface area contributed by atoms with Crippen LogP contribution in [0.3, 0.4) is 0 Å². The zero-order chi connectivity index (χ0) is 17.4. The molecular formula is C11H15MgNO9S. The van der Waals surface area contributed by atoms with Crippen LogP contribution in [0.15, 0.2) is 11.5 Å². The van der Waals surface area contributed by atoms with E-state index < -0.39 is 54.2 Å². The van der Waals surface area contributed by atoms with Crippen molar-refractivity contribution in [2.24, 2.45) is 0 Å². The third kappa shape index (κ3) is 7.74. The third-order valence-corrected chi connectivity index (χ3v) is 2.64. The van der Waals surface area contributed by atoms with Gasteiger partial charge in [0.05, 0.1) is 12.6 Å². The summed E-state index contributed by atoms with van der Waals surface area (Å²) in [6, 6.07) is -1.03. The van der Waals surface area contributed by atoms with Gasteiger partial charge in [0.25, 0.3) is 0 Å². The summed E-state index contributed by atoms with van der Waals surface area (Å²) in [5.41, 5.74) is 0. The van der Waals surface area contributed by atoms with Gasteiger partial charge in [-0.25, -0.2) is 4.79 Å². The van der Waals surface area contributed by atoms with Gasteiger partial charge in [-0.2, -0.15) is 5.75 Å². The number of rotatable bonds is 5. The first-order chi connectivity index (χ1) is 10.1. The Bertz CT molecular complexity index is 470. The quantitative estimate of drug-likeness (QED) is 0.184. The Labute approximate surface area is 152 Å². The van der Waals surface area contributed by atoms with Crippen molar-refractivity contribution in [2.45, 2.75) is 25.2 Å². The minimum atomic E-state index is -1.42. The SMILES string of the molecule is CC(=O)NC(C[S-])C(=O)[O-].O=C1OC(C(O)CO)C(O)=C1O.[Mg+2]. The number of hydrogen-bond donors (Lipinski definition) is 5. The standard InChI is InChI=1S/C6H8O6.C5H9NO3S.Mg/c7-1-2(8)5-3(9)4(10)6(11)12-5;1-3(7)6-4(2-10)5(8)9;/h2,5,7-10H,1H2;4,10H,2H2,1H3,(H,6,7)(H,8,9);/q;;+2/p-2. The molecule has 126 valence electrons. The molecule has 3 atom stereocenters. The number of cyclic esters (lactones) is 1. The van der Waals surface area contributed by atoms with Crippen LogP contribution in [0.2, 0.25) is 0 Å². The van der Waals surface area contributed by atoms with Crippen molar-refractivity contribution in [3.63, 3.8) is 0 Å². The van der Waals surface area contributed by atoms with Crippen LogP contribution >= 0.6 is 0 Å². The summed E-state index contributed by atoms with van der Waals surface area (Å²) in [6.45, 7) is 0.552. The van der Waals surface area contributed by atoms with Crippen molar-refractivity contribution in [3.05, 3.63) is 11.5 Å². The number of carbonyl (C=O) groups is 3. The topological polar surface area (TPSA) is 176 Å². The molecule has 1 heterocycles. The zero-order valence-corrected chi connectivity index (χ0v) is 14.3. The van der Waals surface area contributed by atoms with E-state index in [0.717, 1.165) is 0 Å². The molecule has 0 saturated heterocycles. The van der Waals surface area contributed by atoms with Crippen molar-refractivity contribution >= 4 is 53.5 Å². The van der Waals surface area contributed by atoms with Crippen LogP contribution < -0.4 is 10.4 Å². The Morgan fingerprint density at radius 3 is 2.17 bits per heavy atom. The second kappa shape index (κ2) is 11.3. The first-order valence-corrected chi connectivity index (χ1v) is 6.41. The molecule has 12 heteroatoms. The first kappa shape index (κ1) is 24.0. The third-order valence-electron chi connectivity index (χ3n) is 2.30. The monoisotopic (exact) mass is 361 g/mol. The fourth-order valence-corrected chi connectivity index (χ4v) is 1.46. The largest absolute Gasteiger partial charge is 2.00 e. The van der Waals surface area contributed by atoms with Gasteiger partial charge in [0, 0.05) is 13.0 Å². The van der Waals surface area contributed by atoms with E-state index in [1.165, 1.54) is 6.92 Å². The Morgan fingerprint density at radius 2 is 1.96 bits per heavy atom. The average Bonchev–Trinajstić information content (AvgIpc) is 2.71. The van der Waals surface area contributed by atoms with Gasteiger partial charge < -0.3 is 53.0 Å². The second-order valence-corrected chi connectivity index (χ2v) is 4.38. The second-order valence-electron chi connectivity index (χ2n) is 4.05. The molecule has 1 rings (SSSR count). The molecule has 0 radical (unpaired) electrons. The van der Waals surface area contributed by atoms with Gasteiger partial charge in [-0.3, -0.25) is 4.79 Å². The molecule has 1 aliphatic rings. The van der Waals surface area contributed by atoms with Crippen molar-refractivity contribution in [2.75, 3.05) is 12.4 Å². The molecule has 0 fully saturated rings. The van der Waals surface area contributed by atoms with Crippen LogP contribution in [-0.2, 0) is 31.7 Å². The van der Waals surface area contributed by atoms with Gasteiger partial charge in [-0.15, -0.1) is 0 Å². The Balaban J connectivity index is 0. The molecule has 0 spiro atoms. The maximum Gasteiger partial charge on any atom is 2.00 e. The van der Waals surface area contributed by atoms with Gasteiger partial charge in [0.15, 0.2) is 11.9 Å². The van der Waals surface area contributed by atoms with E-state index in [0.29, 0.717) is 0 Å². The average molecular weight is 362 g/mol. The van der Waals surface area contributed by atoms with Gasteiger partial charge in [-0.05, 0) is 0 Å². The van der Waals surface area contributed by atoms with E-state index in [4.69, 9.17) is 20.4 Å². The van der Waals surface area contributed by atoms with Crippen LogP contribution in [0.4, 0.5) is 0 Å². The zero-order valence-electron chi connectivity index (χ0n) is 12.1. The van der Waals surface area contributed by atoms with Gasteiger partial charge in [0.2, 0.25) is 11.7 Å². The Morgan fingerprint density at radius 1 is 1.43 bits per heavy atom. The van der Waals surface area contributed by atoms with Crippen molar-refractivity contribution in [3.8, 4) is 0 Å². The summed E-state index contributed by atoms with van der Waals surface area (Å²) in [4.78, 5) is 30.9. The number of hydrogen-bond acceptors (Lipinski definition) is 10. The molecule has 0 aromatic heterocycles. The van der Waals surface area contributed by atoms with Gasteiger partial charge >= 0.3 is 29.0 Å². The number of carboxylic acid groups (broad SMARTS) is 1. The predicted molar refractivity (Wildman–Crippen MR) is 75.9 cm³/mol. The summed E-state index contributed by atoms with van der Waals surface area (Å²) in [5, 5.41) is 47.2. The van der Waals surface area contributed by atoms with Crippen molar-refractivity contribution in [1.29, 1.82) is 0 Å². The van der Waals surface area contributed by atoms with Crippen LogP contribution in [0, 0.1) is 0 Å². The fraction of sp³-hybridized carbons (Fsp3) is 0.545. The van der Waals surface area contributed by atoms with E-state index in [1.807, 2.05) is 0 Å². The van der Waals surface area contributed by atoms with Crippen molar-refractivity contribution < 1.29 is 44.7 Å². The van der Waals surface area contributed by atoms with E-state index >= 15 is 0 Å². The van der Waals surface area contributed by atoms with E-state index in [1.54, 1.807) is 0 Å². The number of carbonyl (C=O) groups excluding carboxylic acids is 3. The summed E-state index contributed by atoms with van der Waals surface area (Å²) in [7, 11) is 0. The van der Waals surface area contributed by atoms with Crippen LogP contribution in [0.5, 0.6) is 0 Å². The summed E-state index contributed by atoms with van der Waals surface area (Å²) in [6.07, 6.45) is -2.78. The minimum Gasteiger partial charge on any atom is -0.790 e. The molecule has 0 aromatic carbocycles. The molecule has 5 N–H and O–H groups in total. The van der Waals surface area contributed by atoms with E-state index in [2.05, 4.69) is 22.7 Å². The molecule has 0 aliphatic carbocycles. The van der Waals surface area contributed by atoms with E-state index in [9.17, 15) is 19.5 Å². The molecule has 0 saturated carbocycles. The molecule has 0 aromatic rings.